The van der Waals surface area contributed by atoms with Crippen molar-refractivity contribution >= 4 is 27.5 Å². The number of rotatable bonds is 6. The van der Waals surface area contributed by atoms with Crippen LogP contribution in [0.5, 0.6) is 5.75 Å². The highest BCUT2D eigenvalue weighted by atomic mass is 32.1. The first-order chi connectivity index (χ1) is 15.2. The molecule has 0 radical (unpaired) electrons. The van der Waals surface area contributed by atoms with Crippen LogP contribution in [0.2, 0.25) is 0 Å². The van der Waals surface area contributed by atoms with Crippen molar-refractivity contribution in [2.24, 2.45) is 0 Å². The lowest BCUT2D eigenvalue weighted by Gasteiger charge is -2.25. The molecule has 31 heavy (non-hydrogen) atoms. The van der Waals surface area contributed by atoms with Crippen LogP contribution in [0.4, 0.5) is 0 Å². The standard InChI is InChI=1S/C24H22N2O4S/c27-19-9-3-1-6-16(19)14-26(15-17-7-5-13-29-17)24(28)21-12-11-20(30-21)23-25-18-8-2-4-10-22(18)31-23/h1-4,6,8-12,17,27H,5,7,13-15H2. The first-order valence-corrected chi connectivity index (χ1v) is 11.1. The van der Waals surface area contributed by atoms with Gasteiger partial charge in [0.15, 0.2) is 16.5 Å². The van der Waals surface area contributed by atoms with E-state index in [1.165, 1.54) is 11.3 Å². The number of ether oxygens (including phenoxy) is 1. The number of carbonyl (C=O) groups is 1. The molecule has 1 N–H and O–H groups in total. The Bertz CT molecular complexity index is 1180. The Hall–Kier alpha value is -3.16. The number of nitrogens with zero attached hydrogens (tertiary/aromatic N) is 2. The van der Waals surface area contributed by atoms with Gasteiger partial charge in [-0.3, -0.25) is 4.79 Å². The minimum absolute atomic E-state index is 0.00602. The van der Waals surface area contributed by atoms with Crippen LogP contribution in [-0.2, 0) is 11.3 Å². The molecule has 158 valence electrons. The largest absolute Gasteiger partial charge is 0.508 e. The van der Waals surface area contributed by atoms with Gasteiger partial charge >= 0.3 is 0 Å². The van der Waals surface area contributed by atoms with Crippen LogP contribution in [0.3, 0.4) is 0 Å². The second kappa shape index (κ2) is 8.53. The maximum Gasteiger partial charge on any atom is 0.289 e. The van der Waals surface area contributed by atoms with Crippen LogP contribution in [0.15, 0.2) is 65.1 Å². The molecule has 5 rings (SSSR count). The van der Waals surface area contributed by atoms with Gasteiger partial charge in [-0.05, 0) is 43.2 Å². The third-order valence-electron chi connectivity index (χ3n) is 5.41. The number of para-hydroxylation sites is 2. The molecule has 6 nitrogen and oxygen atoms in total. The molecular weight excluding hydrogens is 412 g/mol. The average Bonchev–Trinajstić information content (AvgIpc) is 3.54. The Morgan fingerprint density at radius 2 is 1.97 bits per heavy atom. The summed E-state index contributed by atoms with van der Waals surface area (Å²) in [5.41, 5.74) is 1.60. The number of benzene rings is 2. The van der Waals surface area contributed by atoms with Gasteiger partial charge in [-0.1, -0.05) is 30.3 Å². The zero-order valence-electron chi connectivity index (χ0n) is 16.9. The van der Waals surface area contributed by atoms with Crippen molar-refractivity contribution in [3.8, 4) is 16.5 Å². The molecule has 1 atom stereocenters. The Labute approximate surface area is 183 Å². The Kier molecular flexibility index (Phi) is 5.44. The molecule has 0 saturated carbocycles. The summed E-state index contributed by atoms with van der Waals surface area (Å²) < 4.78 is 12.7. The number of phenolic OH excluding ortho intramolecular Hbond substituents is 1. The molecule has 2 aromatic carbocycles. The van der Waals surface area contributed by atoms with E-state index in [1.54, 1.807) is 29.2 Å². The van der Waals surface area contributed by atoms with Crippen molar-refractivity contribution < 1.29 is 19.1 Å². The van der Waals surface area contributed by atoms with Crippen molar-refractivity contribution in [3.05, 3.63) is 72.0 Å². The van der Waals surface area contributed by atoms with Gasteiger partial charge in [0, 0.05) is 25.3 Å². The molecule has 0 bridgehead atoms. The van der Waals surface area contributed by atoms with Crippen molar-refractivity contribution in [2.45, 2.75) is 25.5 Å². The van der Waals surface area contributed by atoms with E-state index < -0.39 is 0 Å². The van der Waals surface area contributed by atoms with E-state index in [9.17, 15) is 9.90 Å². The summed E-state index contributed by atoms with van der Waals surface area (Å²) >= 11 is 1.53. The van der Waals surface area contributed by atoms with E-state index in [-0.39, 0.29) is 30.1 Å². The number of phenols is 1. The van der Waals surface area contributed by atoms with Gasteiger partial charge in [0.2, 0.25) is 0 Å². The molecule has 7 heteroatoms. The van der Waals surface area contributed by atoms with Crippen LogP contribution in [0.25, 0.3) is 21.0 Å². The number of hydrogen-bond donors (Lipinski definition) is 1. The fraction of sp³-hybridized carbons (Fsp3) is 0.250. The molecule has 4 aromatic rings. The zero-order chi connectivity index (χ0) is 21.2. The number of hydrogen-bond acceptors (Lipinski definition) is 6. The van der Waals surface area contributed by atoms with Gasteiger partial charge in [0.25, 0.3) is 5.91 Å². The smallest absolute Gasteiger partial charge is 0.289 e. The van der Waals surface area contributed by atoms with Gasteiger partial charge in [0.05, 0.1) is 16.3 Å². The van der Waals surface area contributed by atoms with Gasteiger partial charge in [-0.15, -0.1) is 11.3 Å². The summed E-state index contributed by atoms with van der Waals surface area (Å²) in [4.78, 5) is 19.6. The van der Waals surface area contributed by atoms with E-state index in [0.29, 0.717) is 24.5 Å². The van der Waals surface area contributed by atoms with Crippen molar-refractivity contribution in [1.82, 2.24) is 9.88 Å². The highest BCUT2D eigenvalue weighted by molar-refractivity contribution is 7.21. The lowest BCUT2D eigenvalue weighted by Crippen LogP contribution is -2.36. The minimum Gasteiger partial charge on any atom is -0.508 e. The van der Waals surface area contributed by atoms with Crippen LogP contribution in [-0.4, -0.2) is 40.2 Å². The van der Waals surface area contributed by atoms with Crippen molar-refractivity contribution in [1.29, 1.82) is 0 Å². The number of furan rings is 1. The molecule has 1 aliphatic heterocycles. The van der Waals surface area contributed by atoms with Crippen LogP contribution < -0.4 is 0 Å². The predicted octanol–water partition coefficient (Wildman–Crippen LogP) is 5.08. The summed E-state index contributed by atoms with van der Waals surface area (Å²) in [6, 6.07) is 18.4. The number of aromatic hydroxyl groups is 1. The van der Waals surface area contributed by atoms with Crippen molar-refractivity contribution in [2.75, 3.05) is 13.2 Å². The number of aromatic nitrogens is 1. The first kappa shape index (κ1) is 19.8. The molecule has 2 aromatic heterocycles. The highest BCUT2D eigenvalue weighted by Gasteiger charge is 2.26. The van der Waals surface area contributed by atoms with E-state index in [1.807, 2.05) is 36.4 Å². The summed E-state index contributed by atoms with van der Waals surface area (Å²) in [6.07, 6.45) is 1.90. The average molecular weight is 435 g/mol. The second-order valence-corrected chi connectivity index (χ2v) is 8.63. The normalized spacial score (nSPS) is 16.1. The van der Waals surface area contributed by atoms with E-state index in [4.69, 9.17) is 9.15 Å². The lowest BCUT2D eigenvalue weighted by atomic mass is 10.1. The number of fused-ring (bicyclic) bond motifs is 1. The predicted molar refractivity (Wildman–Crippen MR) is 119 cm³/mol. The molecule has 0 aliphatic carbocycles. The fourth-order valence-corrected chi connectivity index (χ4v) is 4.73. The molecule has 0 spiro atoms. The SMILES string of the molecule is O=C(c1ccc(-c2nc3ccccc3s2)o1)N(Cc1ccccc1O)CC1CCCO1. The van der Waals surface area contributed by atoms with Crippen LogP contribution in [0, 0.1) is 0 Å². The molecule has 1 aliphatic rings. The quantitative estimate of drug-likeness (QED) is 0.458. The van der Waals surface area contributed by atoms with E-state index in [2.05, 4.69) is 4.98 Å². The third-order valence-corrected chi connectivity index (χ3v) is 6.46. The minimum atomic E-state index is -0.230. The topological polar surface area (TPSA) is 75.8 Å². The van der Waals surface area contributed by atoms with Gasteiger partial charge in [-0.2, -0.15) is 0 Å². The molecule has 1 saturated heterocycles. The summed E-state index contributed by atoms with van der Waals surface area (Å²) in [7, 11) is 0. The highest BCUT2D eigenvalue weighted by Crippen LogP contribution is 2.31. The van der Waals surface area contributed by atoms with E-state index >= 15 is 0 Å². The molecule has 1 amide bonds. The summed E-state index contributed by atoms with van der Waals surface area (Å²) in [5.74, 6) is 0.764. The monoisotopic (exact) mass is 434 g/mol. The lowest BCUT2D eigenvalue weighted by molar-refractivity contribution is 0.0483. The summed E-state index contributed by atoms with van der Waals surface area (Å²) in [5, 5.41) is 10.9. The first-order valence-electron chi connectivity index (χ1n) is 10.3. The zero-order valence-corrected chi connectivity index (χ0v) is 17.7. The van der Waals surface area contributed by atoms with Crippen molar-refractivity contribution in [3.63, 3.8) is 0 Å². The second-order valence-electron chi connectivity index (χ2n) is 7.60. The summed E-state index contributed by atoms with van der Waals surface area (Å²) in [6.45, 7) is 1.44. The van der Waals surface area contributed by atoms with Crippen LogP contribution in [0.1, 0.15) is 29.0 Å². The molecule has 3 heterocycles. The Balaban J connectivity index is 1.41. The maximum absolute atomic E-state index is 13.3. The maximum atomic E-state index is 13.3. The molecule has 1 unspecified atom stereocenters. The number of thiazole rings is 1. The van der Waals surface area contributed by atoms with Gasteiger partial charge in [-0.25, -0.2) is 4.98 Å². The van der Waals surface area contributed by atoms with Gasteiger partial charge in [0.1, 0.15) is 5.75 Å². The number of carbonyl (C=O) groups excluding carboxylic acids is 1. The Morgan fingerprint density at radius 3 is 2.77 bits per heavy atom. The van der Waals surface area contributed by atoms with Crippen LogP contribution >= 0.6 is 11.3 Å². The number of amides is 1. The third kappa shape index (κ3) is 4.19. The molecule has 1 fully saturated rings. The van der Waals surface area contributed by atoms with E-state index in [0.717, 1.165) is 28.1 Å². The Morgan fingerprint density at radius 1 is 1.13 bits per heavy atom. The fourth-order valence-electron chi connectivity index (χ4n) is 3.80. The molecular formula is C24H22N2O4S. The van der Waals surface area contributed by atoms with Gasteiger partial charge < -0.3 is 19.2 Å².